The molecule has 0 amide bonds. The lowest BCUT2D eigenvalue weighted by Crippen LogP contribution is -1.82. The van der Waals surface area contributed by atoms with Gasteiger partial charge in [-0.25, -0.2) is 4.98 Å². The van der Waals surface area contributed by atoms with Crippen molar-refractivity contribution in [2.24, 2.45) is 0 Å². The van der Waals surface area contributed by atoms with Gasteiger partial charge in [-0.15, -0.1) is 0 Å². The zero-order valence-corrected chi connectivity index (χ0v) is 6.44. The number of aromatic nitrogens is 2. The van der Waals surface area contributed by atoms with E-state index in [1.165, 1.54) is 0 Å². The van der Waals surface area contributed by atoms with E-state index in [1.807, 2.05) is 20.0 Å². The number of rotatable bonds is 1. The van der Waals surface area contributed by atoms with E-state index in [0.29, 0.717) is 0 Å². The summed E-state index contributed by atoms with van der Waals surface area (Å²) in [6.45, 7) is 3.94. The lowest BCUT2D eigenvalue weighted by molar-refractivity contribution is 1.02. The lowest BCUT2D eigenvalue weighted by atomic mass is 10.4. The van der Waals surface area contributed by atoms with Crippen LogP contribution in [0, 0.1) is 6.92 Å². The highest BCUT2D eigenvalue weighted by molar-refractivity contribution is 7.80. The van der Waals surface area contributed by atoms with Crippen molar-refractivity contribution in [1.82, 2.24) is 9.97 Å². The Morgan fingerprint density at radius 1 is 1.78 bits per heavy atom. The third kappa shape index (κ3) is 1.48. The molecule has 1 aromatic rings. The van der Waals surface area contributed by atoms with Crippen molar-refractivity contribution in [2.45, 2.75) is 19.1 Å². The normalized spacial score (nSPS) is 13.7. The molecule has 1 heterocycles. The van der Waals surface area contributed by atoms with Gasteiger partial charge < -0.3 is 4.98 Å². The van der Waals surface area contributed by atoms with Crippen LogP contribution in [0.3, 0.4) is 0 Å². The summed E-state index contributed by atoms with van der Waals surface area (Å²) in [7, 11) is 0. The summed E-state index contributed by atoms with van der Waals surface area (Å²) in [6.07, 6.45) is 1.81. The first-order valence-electron chi connectivity index (χ1n) is 2.89. The molecule has 0 saturated carbocycles. The van der Waals surface area contributed by atoms with Gasteiger partial charge in [-0.05, 0) is 13.8 Å². The van der Waals surface area contributed by atoms with Gasteiger partial charge in [-0.1, -0.05) is 0 Å². The van der Waals surface area contributed by atoms with Gasteiger partial charge in [0.2, 0.25) is 0 Å². The molecule has 1 rings (SSSR count). The average molecular weight is 142 g/mol. The second-order valence-corrected chi connectivity index (χ2v) is 2.87. The smallest absolute Gasteiger partial charge is 0.103 e. The maximum Gasteiger partial charge on any atom is 0.103 e. The number of hydrogen-bond acceptors (Lipinski definition) is 2. The van der Waals surface area contributed by atoms with E-state index in [2.05, 4.69) is 22.6 Å². The maximum atomic E-state index is 4.23. The molecule has 1 aromatic heterocycles. The molecular formula is C6H10N2S. The van der Waals surface area contributed by atoms with E-state index in [4.69, 9.17) is 0 Å². The molecule has 2 nitrogen and oxygen atoms in total. The summed E-state index contributed by atoms with van der Waals surface area (Å²) in [5.41, 5.74) is 1.08. The molecule has 0 spiro atoms. The number of H-pyrrole nitrogens is 1. The number of hydrogen-bond donors (Lipinski definition) is 2. The van der Waals surface area contributed by atoms with Gasteiger partial charge in [-0.3, -0.25) is 0 Å². The molecule has 1 atom stereocenters. The first-order chi connectivity index (χ1) is 4.20. The number of aryl methyl sites for hydroxylation is 1. The highest BCUT2D eigenvalue weighted by Gasteiger charge is 2.00. The number of imidazole rings is 1. The molecule has 0 bridgehead atoms. The van der Waals surface area contributed by atoms with Crippen LogP contribution in [0.25, 0.3) is 0 Å². The third-order valence-corrected chi connectivity index (χ3v) is 1.45. The largest absolute Gasteiger partial charge is 0.345 e. The van der Waals surface area contributed by atoms with Gasteiger partial charge >= 0.3 is 0 Å². The molecule has 50 valence electrons. The molecule has 1 N–H and O–H groups in total. The molecule has 0 fully saturated rings. The summed E-state index contributed by atoms with van der Waals surface area (Å²) in [5.74, 6) is 0.950. The predicted octanol–water partition coefficient (Wildman–Crippen LogP) is 1.71. The molecule has 0 aliphatic rings. The van der Waals surface area contributed by atoms with Crippen molar-refractivity contribution in [1.29, 1.82) is 0 Å². The fourth-order valence-electron chi connectivity index (χ4n) is 0.652. The third-order valence-electron chi connectivity index (χ3n) is 1.17. The van der Waals surface area contributed by atoms with E-state index in [0.717, 1.165) is 11.5 Å². The van der Waals surface area contributed by atoms with E-state index < -0.39 is 0 Å². The van der Waals surface area contributed by atoms with Gasteiger partial charge in [0, 0.05) is 17.1 Å². The summed E-state index contributed by atoms with van der Waals surface area (Å²) >= 11 is 4.23. The standard InChI is InChI=1S/C6H10N2S/c1-4(9)6-3-7-5(2)8-6/h3-4,9H,1-2H3,(H,7,8). The van der Waals surface area contributed by atoms with Crippen LogP contribution < -0.4 is 0 Å². The molecule has 0 saturated heterocycles. The van der Waals surface area contributed by atoms with Crippen LogP contribution >= 0.6 is 12.6 Å². The second-order valence-electron chi connectivity index (χ2n) is 2.10. The van der Waals surface area contributed by atoms with Crippen molar-refractivity contribution in [3.63, 3.8) is 0 Å². The Labute approximate surface area is 60.1 Å². The van der Waals surface area contributed by atoms with Crippen molar-refractivity contribution in [3.8, 4) is 0 Å². The van der Waals surface area contributed by atoms with Crippen molar-refractivity contribution >= 4 is 12.6 Å². The summed E-state index contributed by atoms with van der Waals surface area (Å²) in [6, 6.07) is 0. The Bertz CT molecular complexity index is 193. The number of thiol groups is 1. The number of nitrogens with zero attached hydrogens (tertiary/aromatic N) is 1. The maximum absolute atomic E-state index is 4.23. The SMILES string of the molecule is Cc1ncc(C(C)S)[nH]1. The first-order valence-corrected chi connectivity index (χ1v) is 3.41. The van der Waals surface area contributed by atoms with Gasteiger partial charge in [0.1, 0.15) is 5.82 Å². The Morgan fingerprint density at radius 2 is 2.44 bits per heavy atom. The van der Waals surface area contributed by atoms with Crippen LogP contribution in [0.15, 0.2) is 6.20 Å². The summed E-state index contributed by atoms with van der Waals surface area (Å²) < 4.78 is 0. The Balaban J connectivity index is 2.85. The topological polar surface area (TPSA) is 28.7 Å². The molecule has 0 aliphatic heterocycles. The molecule has 0 aromatic carbocycles. The predicted molar refractivity (Wildman–Crippen MR) is 40.7 cm³/mol. The fraction of sp³-hybridized carbons (Fsp3) is 0.500. The molecule has 9 heavy (non-hydrogen) atoms. The minimum atomic E-state index is 0.256. The average Bonchev–Trinajstić information content (AvgIpc) is 2.14. The summed E-state index contributed by atoms with van der Waals surface area (Å²) in [5, 5.41) is 0.256. The monoisotopic (exact) mass is 142 g/mol. The van der Waals surface area contributed by atoms with E-state index in [9.17, 15) is 0 Å². The molecular weight excluding hydrogens is 132 g/mol. The highest BCUT2D eigenvalue weighted by Crippen LogP contribution is 2.15. The number of nitrogens with one attached hydrogen (secondary N) is 1. The quantitative estimate of drug-likeness (QED) is 0.574. The number of aromatic amines is 1. The first kappa shape index (κ1) is 6.68. The van der Waals surface area contributed by atoms with Crippen molar-refractivity contribution in [2.75, 3.05) is 0 Å². The Morgan fingerprint density at radius 3 is 2.67 bits per heavy atom. The van der Waals surface area contributed by atoms with E-state index >= 15 is 0 Å². The molecule has 3 heteroatoms. The van der Waals surface area contributed by atoms with Gasteiger partial charge in [0.15, 0.2) is 0 Å². The van der Waals surface area contributed by atoms with Crippen LogP contribution in [0.1, 0.15) is 23.7 Å². The van der Waals surface area contributed by atoms with Crippen LogP contribution in [0.5, 0.6) is 0 Å². The fourth-order valence-corrected chi connectivity index (χ4v) is 0.783. The molecule has 0 radical (unpaired) electrons. The summed E-state index contributed by atoms with van der Waals surface area (Å²) in [4.78, 5) is 7.12. The molecule has 1 unspecified atom stereocenters. The van der Waals surface area contributed by atoms with E-state index in [-0.39, 0.29) is 5.25 Å². The van der Waals surface area contributed by atoms with Gasteiger partial charge in [0.25, 0.3) is 0 Å². The molecule has 0 aliphatic carbocycles. The van der Waals surface area contributed by atoms with Crippen molar-refractivity contribution < 1.29 is 0 Å². The lowest BCUT2D eigenvalue weighted by Gasteiger charge is -1.95. The highest BCUT2D eigenvalue weighted by atomic mass is 32.1. The van der Waals surface area contributed by atoms with Gasteiger partial charge in [-0.2, -0.15) is 12.6 Å². The van der Waals surface area contributed by atoms with Crippen molar-refractivity contribution in [3.05, 3.63) is 17.7 Å². The zero-order valence-electron chi connectivity index (χ0n) is 5.55. The minimum Gasteiger partial charge on any atom is -0.345 e. The van der Waals surface area contributed by atoms with Crippen LogP contribution in [-0.2, 0) is 0 Å². The Hall–Kier alpha value is -0.440. The second kappa shape index (κ2) is 2.43. The van der Waals surface area contributed by atoms with Crippen LogP contribution in [-0.4, -0.2) is 9.97 Å². The van der Waals surface area contributed by atoms with E-state index in [1.54, 1.807) is 0 Å². The zero-order chi connectivity index (χ0) is 6.85. The minimum absolute atomic E-state index is 0.256. The Kier molecular flexibility index (Phi) is 1.81. The van der Waals surface area contributed by atoms with Crippen LogP contribution in [0.2, 0.25) is 0 Å². The van der Waals surface area contributed by atoms with Crippen LogP contribution in [0.4, 0.5) is 0 Å². The van der Waals surface area contributed by atoms with Gasteiger partial charge in [0.05, 0.1) is 0 Å².